The van der Waals surface area contributed by atoms with E-state index in [2.05, 4.69) is 5.32 Å². The molecule has 0 fully saturated rings. The summed E-state index contributed by atoms with van der Waals surface area (Å²) in [6.45, 7) is 6.59. The van der Waals surface area contributed by atoms with Crippen LogP contribution in [-0.2, 0) is 24.9 Å². The molecule has 7 heteroatoms. The molecule has 1 N–H and O–H groups in total. The van der Waals surface area contributed by atoms with Crippen LogP contribution in [0.2, 0.25) is 5.02 Å². The fourth-order valence-corrected chi connectivity index (χ4v) is 3.67. The first kappa shape index (κ1) is 24.4. The molecule has 3 rings (SSSR count). The monoisotopic (exact) mass is 466 g/mol. The summed E-state index contributed by atoms with van der Waals surface area (Å²) in [7, 11) is 1.96. The SMILES string of the molecule is Cc1ccc(NC(=O)N(CC(=O)N(Cc2ccccc2)Cc2cccn2C)C(C)C)cc1Cl. The van der Waals surface area contributed by atoms with Crippen molar-refractivity contribution in [3.8, 4) is 0 Å². The van der Waals surface area contributed by atoms with Gasteiger partial charge in [-0.1, -0.05) is 48.0 Å². The van der Waals surface area contributed by atoms with Gasteiger partial charge in [-0.05, 0) is 56.2 Å². The van der Waals surface area contributed by atoms with E-state index in [-0.39, 0.29) is 24.5 Å². The lowest BCUT2D eigenvalue weighted by Gasteiger charge is -2.30. The molecule has 1 heterocycles. The van der Waals surface area contributed by atoms with Gasteiger partial charge in [0.15, 0.2) is 0 Å². The standard InChI is InChI=1S/C26H31ClN4O2/c1-19(2)31(26(33)28-22-13-12-20(3)24(27)15-22)18-25(32)30(16-21-9-6-5-7-10-21)17-23-11-8-14-29(23)4/h5-15,19H,16-18H2,1-4H3,(H,28,33). The van der Waals surface area contributed by atoms with E-state index in [1.807, 2.05) is 87.1 Å². The molecule has 33 heavy (non-hydrogen) atoms. The quantitative estimate of drug-likeness (QED) is 0.479. The lowest BCUT2D eigenvalue weighted by atomic mass is 10.2. The molecule has 3 aromatic rings. The molecule has 0 atom stereocenters. The molecular formula is C26H31ClN4O2. The van der Waals surface area contributed by atoms with Gasteiger partial charge in [0.05, 0.1) is 6.54 Å². The largest absolute Gasteiger partial charge is 0.353 e. The van der Waals surface area contributed by atoms with Crippen molar-refractivity contribution in [2.24, 2.45) is 7.05 Å². The van der Waals surface area contributed by atoms with E-state index >= 15 is 0 Å². The van der Waals surface area contributed by atoms with Crippen LogP contribution in [-0.4, -0.2) is 38.9 Å². The maximum atomic E-state index is 13.4. The van der Waals surface area contributed by atoms with Gasteiger partial charge in [-0.25, -0.2) is 4.79 Å². The third-order valence-corrected chi connectivity index (χ3v) is 5.99. The molecule has 174 valence electrons. The predicted molar refractivity (Wildman–Crippen MR) is 133 cm³/mol. The number of aromatic nitrogens is 1. The lowest BCUT2D eigenvalue weighted by molar-refractivity contribution is -0.133. The fourth-order valence-electron chi connectivity index (χ4n) is 3.49. The number of hydrogen-bond donors (Lipinski definition) is 1. The number of halogens is 1. The molecule has 0 saturated carbocycles. The highest BCUT2D eigenvalue weighted by Crippen LogP contribution is 2.21. The van der Waals surface area contributed by atoms with Crippen molar-refractivity contribution in [1.82, 2.24) is 14.4 Å². The van der Waals surface area contributed by atoms with Crippen LogP contribution < -0.4 is 5.32 Å². The normalized spacial score (nSPS) is 10.8. The van der Waals surface area contributed by atoms with Crippen molar-refractivity contribution in [2.45, 2.75) is 39.9 Å². The summed E-state index contributed by atoms with van der Waals surface area (Å²) in [5.41, 5.74) is 3.59. The van der Waals surface area contributed by atoms with Crippen LogP contribution in [0, 0.1) is 6.92 Å². The second-order valence-corrected chi connectivity index (χ2v) is 8.87. The number of nitrogens with zero attached hydrogens (tertiary/aromatic N) is 3. The zero-order chi connectivity index (χ0) is 24.0. The first-order valence-electron chi connectivity index (χ1n) is 11.0. The van der Waals surface area contributed by atoms with E-state index in [1.165, 1.54) is 0 Å². The van der Waals surface area contributed by atoms with Crippen molar-refractivity contribution in [1.29, 1.82) is 0 Å². The number of carbonyl (C=O) groups excluding carboxylic acids is 2. The predicted octanol–water partition coefficient (Wildman–Crippen LogP) is 5.46. The van der Waals surface area contributed by atoms with Crippen molar-refractivity contribution in [2.75, 3.05) is 11.9 Å². The van der Waals surface area contributed by atoms with Crippen LogP contribution in [0.5, 0.6) is 0 Å². The molecule has 0 spiro atoms. The summed E-state index contributed by atoms with van der Waals surface area (Å²) < 4.78 is 2.00. The Labute approximate surface area is 200 Å². The minimum absolute atomic E-state index is 0.0274. The zero-order valence-electron chi connectivity index (χ0n) is 19.6. The van der Waals surface area contributed by atoms with E-state index in [0.717, 1.165) is 16.8 Å². The smallest absolute Gasteiger partial charge is 0.322 e. The highest BCUT2D eigenvalue weighted by atomic mass is 35.5. The molecule has 0 aliphatic heterocycles. The van der Waals surface area contributed by atoms with E-state index in [4.69, 9.17) is 11.6 Å². The second kappa shape index (κ2) is 11.1. The van der Waals surface area contributed by atoms with Crippen molar-refractivity contribution in [3.63, 3.8) is 0 Å². The third-order valence-electron chi connectivity index (χ3n) is 5.59. The van der Waals surface area contributed by atoms with Gasteiger partial charge in [-0.3, -0.25) is 4.79 Å². The molecule has 1 aromatic heterocycles. The van der Waals surface area contributed by atoms with Gasteiger partial charge < -0.3 is 19.7 Å². The number of aryl methyl sites for hydroxylation is 2. The summed E-state index contributed by atoms with van der Waals surface area (Å²) >= 11 is 6.20. The fraction of sp³-hybridized carbons (Fsp3) is 0.308. The zero-order valence-corrected chi connectivity index (χ0v) is 20.3. The average Bonchev–Trinajstić information content (AvgIpc) is 3.18. The van der Waals surface area contributed by atoms with Gasteiger partial charge in [0, 0.05) is 42.2 Å². The van der Waals surface area contributed by atoms with Crippen LogP contribution in [0.15, 0.2) is 66.9 Å². The Morgan fingerprint density at radius 1 is 1.03 bits per heavy atom. The van der Waals surface area contributed by atoms with Gasteiger partial charge in [0.2, 0.25) is 5.91 Å². The summed E-state index contributed by atoms with van der Waals surface area (Å²) in [5.74, 6) is -0.120. The number of benzene rings is 2. The Morgan fingerprint density at radius 3 is 2.36 bits per heavy atom. The van der Waals surface area contributed by atoms with E-state index in [1.54, 1.807) is 21.9 Å². The van der Waals surface area contributed by atoms with Gasteiger partial charge in [0.1, 0.15) is 6.54 Å². The van der Waals surface area contributed by atoms with Gasteiger partial charge in [-0.2, -0.15) is 0 Å². The van der Waals surface area contributed by atoms with Crippen molar-refractivity contribution in [3.05, 3.63) is 88.7 Å². The summed E-state index contributed by atoms with van der Waals surface area (Å²) in [6.07, 6.45) is 1.96. The van der Waals surface area contributed by atoms with Crippen LogP contribution in [0.4, 0.5) is 10.5 Å². The number of rotatable bonds is 8. The minimum atomic E-state index is -0.336. The maximum absolute atomic E-state index is 13.4. The number of amides is 3. The Morgan fingerprint density at radius 2 is 1.76 bits per heavy atom. The molecular weight excluding hydrogens is 436 g/mol. The van der Waals surface area contributed by atoms with Gasteiger partial charge in [0.25, 0.3) is 0 Å². The van der Waals surface area contributed by atoms with Crippen LogP contribution in [0.3, 0.4) is 0 Å². The highest BCUT2D eigenvalue weighted by Gasteiger charge is 2.24. The number of nitrogens with one attached hydrogen (secondary N) is 1. The van der Waals surface area contributed by atoms with E-state index in [9.17, 15) is 9.59 Å². The minimum Gasteiger partial charge on any atom is -0.353 e. The first-order valence-corrected chi connectivity index (χ1v) is 11.4. The summed E-state index contributed by atoms with van der Waals surface area (Å²) in [5, 5.41) is 3.45. The van der Waals surface area contributed by atoms with Crippen LogP contribution >= 0.6 is 11.6 Å². The molecule has 0 aliphatic rings. The molecule has 0 aliphatic carbocycles. The molecule has 0 saturated heterocycles. The molecule has 3 amide bonds. The van der Waals surface area contributed by atoms with Crippen LogP contribution in [0.1, 0.15) is 30.7 Å². The van der Waals surface area contributed by atoms with Gasteiger partial charge in [-0.15, -0.1) is 0 Å². The number of urea groups is 1. The highest BCUT2D eigenvalue weighted by molar-refractivity contribution is 6.31. The molecule has 0 radical (unpaired) electrons. The van der Waals surface area contributed by atoms with Crippen LogP contribution in [0.25, 0.3) is 0 Å². The van der Waals surface area contributed by atoms with Crippen molar-refractivity contribution >= 4 is 29.2 Å². The van der Waals surface area contributed by atoms with E-state index in [0.29, 0.717) is 23.8 Å². The third kappa shape index (κ3) is 6.62. The number of hydrogen-bond acceptors (Lipinski definition) is 2. The first-order chi connectivity index (χ1) is 15.7. The lowest BCUT2D eigenvalue weighted by Crippen LogP contribution is -2.47. The Bertz CT molecular complexity index is 1090. The molecule has 0 bridgehead atoms. The Balaban J connectivity index is 1.76. The van der Waals surface area contributed by atoms with E-state index < -0.39 is 0 Å². The molecule has 2 aromatic carbocycles. The average molecular weight is 467 g/mol. The number of carbonyl (C=O) groups is 2. The summed E-state index contributed by atoms with van der Waals surface area (Å²) in [4.78, 5) is 29.8. The Hall–Kier alpha value is -3.25. The number of anilines is 1. The summed E-state index contributed by atoms with van der Waals surface area (Å²) in [6, 6.07) is 18.7. The van der Waals surface area contributed by atoms with Crippen molar-refractivity contribution < 1.29 is 9.59 Å². The maximum Gasteiger partial charge on any atom is 0.322 e. The second-order valence-electron chi connectivity index (χ2n) is 8.46. The molecule has 6 nitrogen and oxygen atoms in total. The molecule has 0 unspecified atom stereocenters. The topological polar surface area (TPSA) is 57.6 Å². The van der Waals surface area contributed by atoms with Gasteiger partial charge >= 0.3 is 6.03 Å². The Kier molecular flexibility index (Phi) is 8.17.